The van der Waals surface area contributed by atoms with Gasteiger partial charge in [0.25, 0.3) is 0 Å². The fourth-order valence-electron chi connectivity index (χ4n) is 3.98. The van der Waals surface area contributed by atoms with Crippen LogP contribution in [-0.4, -0.2) is 45.6 Å². The normalized spacial score (nSPS) is 14.0. The average molecular weight is 393 g/mol. The van der Waals surface area contributed by atoms with Crippen LogP contribution in [0.15, 0.2) is 30.3 Å². The Bertz CT molecular complexity index is 1020. The minimum Gasteiger partial charge on any atom is -0.497 e. The minimum absolute atomic E-state index is 0.161. The Morgan fingerprint density at radius 1 is 1.10 bits per heavy atom. The summed E-state index contributed by atoms with van der Waals surface area (Å²) in [5, 5.41) is 4.91. The Kier molecular flexibility index (Phi) is 5.51. The summed E-state index contributed by atoms with van der Waals surface area (Å²) in [6.45, 7) is 5.93. The summed E-state index contributed by atoms with van der Waals surface area (Å²) in [4.78, 5) is 19.8. The van der Waals surface area contributed by atoms with E-state index in [0.717, 1.165) is 78.4 Å². The van der Waals surface area contributed by atoms with Gasteiger partial charge in [0.15, 0.2) is 5.65 Å². The average Bonchev–Trinajstić information content (AvgIpc) is 3.42. The zero-order chi connectivity index (χ0) is 20.4. The molecule has 1 aromatic carbocycles. The third kappa shape index (κ3) is 3.71. The zero-order valence-corrected chi connectivity index (χ0v) is 17.4. The number of methoxy groups -OCH3 is 1. The van der Waals surface area contributed by atoms with Crippen molar-refractivity contribution in [3.05, 3.63) is 47.3 Å². The van der Waals surface area contributed by atoms with Gasteiger partial charge in [0.05, 0.1) is 19.2 Å². The van der Waals surface area contributed by atoms with Crippen molar-refractivity contribution in [3.63, 3.8) is 0 Å². The van der Waals surface area contributed by atoms with Gasteiger partial charge in [-0.2, -0.15) is 5.10 Å². The molecule has 0 unspecified atom stereocenters. The molecule has 1 saturated heterocycles. The van der Waals surface area contributed by atoms with E-state index in [1.165, 1.54) is 0 Å². The molecule has 0 N–H and O–H groups in total. The lowest BCUT2D eigenvalue weighted by atomic mass is 10.0. The second-order valence-corrected chi connectivity index (χ2v) is 7.50. The Morgan fingerprint density at radius 2 is 1.83 bits per heavy atom. The third-order valence-electron chi connectivity index (χ3n) is 5.69. The van der Waals surface area contributed by atoms with Gasteiger partial charge in [-0.15, -0.1) is 0 Å². The van der Waals surface area contributed by atoms with Crippen molar-refractivity contribution in [2.45, 2.75) is 46.0 Å². The lowest BCUT2D eigenvalue weighted by Crippen LogP contribution is -2.29. The van der Waals surface area contributed by atoms with Gasteiger partial charge >= 0.3 is 0 Å². The van der Waals surface area contributed by atoms with Gasteiger partial charge in [-0.25, -0.2) is 9.50 Å². The second-order valence-electron chi connectivity index (χ2n) is 7.50. The fourth-order valence-corrected chi connectivity index (χ4v) is 3.98. The van der Waals surface area contributed by atoms with Crippen LogP contribution in [0, 0.1) is 0 Å². The summed E-state index contributed by atoms with van der Waals surface area (Å²) >= 11 is 0. The molecule has 0 bridgehead atoms. The lowest BCUT2D eigenvalue weighted by Gasteiger charge is -2.15. The number of aromatic nitrogens is 3. The molecular formula is C23H28N4O2. The zero-order valence-electron chi connectivity index (χ0n) is 17.4. The molecule has 1 aliphatic heterocycles. The molecule has 0 spiro atoms. The first-order valence-electron chi connectivity index (χ1n) is 10.5. The number of carbonyl (C=O) groups excluding carboxylic acids is 1. The van der Waals surface area contributed by atoms with Crippen LogP contribution in [0.3, 0.4) is 0 Å². The van der Waals surface area contributed by atoms with Crippen LogP contribution in [0.4, 0.5) is 0 Å². The van der Waals surface area contributed by atoms with Crippen molar-refractivity contribution in [3.8, 4) is 17.0 Å². The van der Waals surface area contributed by atoms with Crippen LogP contribution >= 0.6 is 0 Å². The summed E-state index contributed by atoms with van der Waals surface area (Å²) in [5.74, 6) is 0.960. The smallest absolute Gasteiger partial charge is 0.227 e. The number of hydrogen-bond acceptors (Lipinski definition) is 4. The summed E-state index contributed by atoms with van der Waals surface area (Å²) in [7, 11) is 1.66. The number of hydrogen-bond donors (Lipinski definition) is 0. The monoisotopic (exact) mass is 392 g/mol. The highest BCUT2D eigenvalue weighted by Gasteiger charge is 2.24. The van der Waals surface area contributed by atoms with Crippen LogP contribution in [0.25, 0.3) is 16.9 Å². The molecule has 6 nitrogen and oxygen atoms in total. The summed E-state index contributed by atoms with van der Waals surface area (Å²) < 4.78 is 7.22. The summed E-state index contributed by atoms with van der Waals surface area (Å²) in [5.41, 5.74) is 5.67. The molecule has 3 heterocycles. The number of rotatable bonds is 6. The number of likely N-dealkylation sites (tertiary alicyclic amines) is 1. The molecule has 0 atom stereocenters. The molecule has 1 amide bonds. The third-order valence-corrected chi connectivity index (χ3v) is 5.69. The Balaban J connectivity index is 1.86. The van der Waals surface area contributed by atoms with Crippen molar-refractivity contribution in [1.82, 2.24) is 19.5 Å². The maximum absolute atomic E-state index is 13.0. The first-order valence-corrected chi connectivity index (χ1v) is 10.5. The van der Waals surface area contributed by atoms with Gasteiger partial charge in [0, 0.05) is 35.6 Å². The Labute approximate surface area is 171 Å². The Morgan fingerprint density at radius 3 is 2.45 bits per heavy atom. The summed E-state index contributed by atoms with van der Waals surface area (Å²) in [6, 6.07) is 9.96. The molecule has 1 fully saturated rings. The van der Waals surface area contributed by atoms with Crippen LogP contribution in [-0.2, 0) is 24.1 Å². The molecule has 152 valence electrons. The van der Waals surface area contributed by atoms with E-state index in [0.29, 0.717) is 6.42 Å². The van der Waals surface area contributed by atoms with Crippen LogP contribution in [0.1, 0.15) is 43.6 Å². The van der Waals surface area contributed by atoms with Gasteiger partial charge < -0.3 is 9.64 Å². The van der Waals surface area contributed by atoms with Crippen molar-refractivity contribution in [2.24, 2.45) is 0 Å². The molecule has 6 heteroatoms. The van der Waals surface area contributed by atoms with E-state index < -0.39 is 0 Å². The predicted octanol–water partition coefficient (Wildman–Crippen LogP) is 3.69. The second kappa shape index (κ2) is 8.23. The number of nitrogens with zero attached hydrogens (tertiary/aromatic N) is 4. The van der Waals surface area contributed by atoms with Crippen molar-refractivity contribution < 1.29 is 9.53 Å². The maximum Gasteiger partial charge on any atom is 0.227 e. The van der Waals surface area contributed by atoms with E-state index in [1.54, 1.807) is 7.11 Å². The number of fused-ring (bicyclic) bond motifs is 1. The van der Waals surface area contributed by atoms with E-state index in [1.807, 2.05) is 33.7 Å². The summed E-state index contributed by atoms with van der Waals surface area (Å²) in [6.07, 6.45) is 4.21. The molecule has 29 heavy (non-hydrogen) atoms. The molecule has 0 aliphatic carbocycles. The van der Waals surface area contributed by atoms with Gasteiger partial charge in [-0.1, -0.05) is 13.8 Å². The van der Waals surface area contributed by atoms with Gasteiger partial charge in [0.2, 0.25) is 5.91 Å². The van der Waals surface area contributed by atoms with Crippen LogP contribution < -0.4 is 4.74 Å². The maximum atomic E-state index is 13.0. The van der Waals surface area contributed by atoms with Gasteiger partial charge in [-0.3, -0.25) is 4.79 Å². The highest BCUT2D eigenvalue weighted by Crippen LogP contribution is 2.29. The number of amides is 1. The largest absolute Gasteiger partial charge is 0.497 e. The van der Waals surface area contributed by atoms with E-state index in [-0.39, 0.29) is 5.91 Å². The van der Waals surface area contributed by atoms with E-state index in [2.05, 4.69) is 19.9 Å². The lowest BCUT2D eigenvalue weighted by molar-refractivity contribution is -0.129. The standard InChI is InChI=1S/C23H28N4O2/c1-4-17-14-18(5-2)27-23(24-17)20(15-21(28)26-12-6-7-13-26)22(25-27)16-8-10-19(29-3)11-9-16/h8-11,14H,4-7,12-13,15H2,1-3H3. The van der Waals surface area contributed by atoms with Crippen LogP contribution in [0.5, 0.6) is 5.75 Å². The molecule has 2 aromatic heterocycles. The van der Waals surface area contributed by atoms with Crippen LogP contribution in [0.2, 0.25) is 0 Å². The van der Waals surface area contributed by atoms with Crippen molar-refractivity contribution in [2.75, 3.05) is 20.2 Å². The number of carbonyl (C=O) groups is 1. The number of benzene rings is 1. The molecule has 0 radical (unpaired) electrons. The topological polar surface area (TPSA) is 59.7 Å². The van der Waals surface area contributed by atoms with E-state index >= 15 is 0 Å². The number of aryl methyl sites for hydroxylation is 2. The Hall–Kier alpha value is -2.89. The highest BCUT2D eigenvalue weighted by atomic mass is 16.5. The van der Waals surface area contributed by atoms with Crippen molar-refractivity contribution in [1.29, 1.82) is 0 Å². The minimum atomic E-state index is 0.161. The van der Waals surface area contributed by atoms with Gasteiger partial charge in [-0.05, 0) is 56.0 Å². The SMILES string of the molecule is CCc1cc(CC)n2nc(-c3ccc(OC)cc3)c(CC(=O)N3CCCC3)c2n1. The molecular weight excluding hydrogens is 364 g/mol. The van der Waals surface area contributed by atoms with Gasteiger partial charge in [0.1, 0.15) is 5.75 Å². The molecule has 0 saturated carbocycles. The first-order chi connectivity index (χ1) is 14.1. The molecule has 3 aromatic rings. The highest BCUT2D eigenvalue weighted by molar-refractivity contribution is 5.85. The predicted molar refractivity (Wildman–Crippen MR) is 113 cm³/mol. The quantitative estimate of drug-likeness (QED) is 0.642. The van der Waals surface area contributed by atoms with E-state index in [9.17, 15) is 4.79 Å². The molecule has 4 rings (SSSR count). The first kappa shape index (κ1) is 19.4. The van der Waals surface area contributed by atoms with Crippen molar-refractivity contribution >= 4 is 11.6 Å². The van der Waals surface area contributed by atoms with E-state index in [4.69, 9.17) is 14.8 Å². The fraction of sp³-hybridized carbons (Fsp3) is 0.435. The molecule has 1 aliphatic rings. The number of ether oxygens (including phenoxy) is 1.